The van der Waals surface area contributed by atoms with Gasteiger partial charge in [0.15, 0.2) is 5.82 Å². The first kappa shape index (κ1) is 14.7. The van der Waals surface area contributed by atoms with Crippen molar-refractivity contribution in [1.29, 1.82) is 0 Å². The minimum absolute atomic E-state index is 0.0215. The molecule has 0 N–H and O–H groups in total. The molecule has 25 heavy (non-hydrogen) atoms. The first-order valence-electron chi connectivity index (χ1n) is 8.33. The van der Waals surface area contributed by atoms with Crippen molar-refractivity contribution in [2.75, 3.05) is 13.1 Å². The summed E-state index contributed by atoms with van der Waals surface area (Å²) in [7, 11) is 0. The number of fused-ring (bicyclic) bond motifs is 3. The molecular formula is C17H16N6OS. The Morgan fingerprint density at radius 2 is 2.24 bits per heavy atom. The molecule has 5 heterocycles. The largest absolute Gasteiger partial charge is 0.335 e. The number of carbonyl (C=O) groups is 1. The Balaban J connectivity index is 1.49. The molecule has 5 rings (SSSR count). The summed E-state index contributed by atoms with van der Waals surface area (Å²) >= 11 is 1.45. The summed E-state index contributed by atoms with van der Waals surface area (Å²) in [6, 6.07) is 4.13. The SMILES string of the molecule is O=C(c1cscn1)N1C[C@H]2CCc3nnc(-c4cccnc4)n3[C@H]2C1. The van der Waals surface area contributed by atoms with Crippen LogP contribution in [0.25, 0.3) is 11.4 Å². The lowest BCUT2D eigenvalue weighted by molar-refractivity contribution is 0.0779. The Labute approximate surface area is 148 Å². The van der Waals surface area contributed by atoms with Crippen LogP contribution in [0.3, 0.4) is 0 Å². The predicted molar refractivity (Wildman–Crippen MR) is 92.1 cm³/mol. The van der Waals surface area contributed by atoms with Crippen LogP contribution in [-0.2, 0) is 6.42 Å². The van der Waals surface area contributed by atoms with Gasteiger partial charge in [0.25, 0.3) is 5.91 Å². The summed E-state index contributed by atoms with van der Waals surface area (Å²) < 4.78 is 2.22. The molecule has 2 aliphatic rings. The topological polar surface area (TPSA) is 76.8 Å². The van der Waals surface area contributed by atoms with Gasteiger partial charge in [-0.15, -0.1) is 21.5 Å². The van der Waals surface area contributed by atoms with E-state index in [4.69, 9.17) is 0 Å². The molecule has 0 unspecified atom stereocenters. The van der Waals surface area contributed by atoms with Crippen LogP contribution >= 0.6 is 11.3 Å². The zero-order chi connectivity index (χ0) is 16.8. The molecule has 0 aromatic carbocycles. The number of aryl methyl sites for hydroxylation is 1. The summed E-state index contributed by atoms with van der Waals surface area (Å²) in [5.74, 6) is 2.30. The van der Waals surface area contributed by atoms with Crippen LogP contribution in [0, 0.1) is 5.92 Å². The third kappa shape index (κ3) is 2.36. The van der Waals surface area contributed by atoms with Gasteiger partial charge in [-0.2, -0.15) is 0 Å². The first-order chi connectivity index (χ1) is 12.3. The van der Waals surface area contributed by atoms with Crippen molar-refractivity contribution in [3.05, 3.63) is 46.9 Å². The van der Waals surface area contributed by atoms with E-state index < -0.39 is 0 Å². The van der Waals surface area contributed by atoms with E-state index in [0.29, 0.717) is 18.2 Å². The van der Waals surface area contributed by atoms with Crippen molar-refractivity contribution in [2.24, 2.45) is 5.92 Å². The van der Waals surface area contributed by atoms with Gasteiger partial charge in [-0.25, -0.2) is 4.98 Å². The Bertz CT molecular complexity index is 907. The van der Waals surface area contributed by atoms with Gasteiger partial charge in [0, 0.05) is 42.8 Å². The highest BCUT2D eigenvalue weighted by atomic mass is 32.1. The lowest BCUT2D eigenvalue weighted by Gasteiger charge is -2.27. The Hall–Kier alpha value is -2.61. The van der Waals surface area contributed by atoms with Crippen LogP contribution < -0.4 is 0 Å². The second-order valence-corrected chi connectivity index (χ2v) is 7.22. The molecule has 8 heteroatoms. The number of rotatable bonds is 2. The quantitative estimate of drug-likeness (QED) is 0.705. The number of hydrogen-bond acceptors (Lipinski definition) is 6. The Kier molecular flexibility index (Phi) is 3.37. The van der Waals surface area contributed by atoms with E-state index in [9.17, 15) is 4.79 Å². The number of aromatic nitrogens is 5. The fourth-order valence-electron chi connectivity index (χ4n) is 3.93. The molecule has 0 bridgehead atoms. The van der Waals surface area contributed by atoms with Crippen molar-refractivity contribution in [1.82, 2.24) is 29.6 Å². The van der Waals surface area contributed by atoms with Crippen LogP contribution in [0.1, 0.15) is 28.8 Å². The molecule has 7 nitrogen and oxygen atoms in total. The van der Waals surface area contributed by atoms with Crippen LogP contribution in [-0.4, -0.2) is 48.6 Å². The molecule has 0 radical (unpaired) electrons. The summed E-state index contributed by atoms with van der Waals surface area (Å²) in [4.78, 5) is 23.0. The predicted octanol–water partition coefficient (Wildman–Crippen LogP) is 2.06. The molecule has 0 saturated carbocycles. The van der Waals surface area contributed by atoms with Crippen LogP contribution in [0.15, 0.2) is 35.4 Å². The lowest BCUT2D eigenvalue weighted by atomic mass is 9.93. The van der Waals surface area contributed by atoms with Crippen LogP contribution in [0.5, 0.6) is 0 Å². The van der Waals surface area contributed by atoms with Gasteiger partial charge >= 0.3 is 0 Å². The Morgan fingerprint density at radius 3 is 3.04 bits per heavy atom. The molecule has 0 aliphatic carbocycles. The smallest absolute Gasteiger partial charge is 0.273 e. The van der Waals surface area contributed by atoms with Crippen LogP contribution in [0.2, 0.25) is 0 Å². The monoisotopic (exact) mass is 352 g/mol. The van der Waals surface area contributed by atoms with E-state index in [0.717, 1.165) is 36.6 Å². The zero-order valence-corrected chi connectivity index (χ0v) is 14.3. The van der Waals surface area contributed by atoms with E-state index in [-0.39, 0.29) is 11.9 Å². The molecule has 126 valence electrons. The van der Waals surface area contributed by atoms with Gasteiger partial charge in [0.2, 0.25) is 0 Å². The van der Waals surface area contributed by atoms with Crippen molar-refractivity contribution in [3.63, 3.8) is 0 Å². The zero-order valence-electron chi connectivity index (χ0n) is 13.4. The third-order valence-corrected chi connectivity index (χ3v) is 5.69. The standard InChI is InChI=1S/C17H16N6OS/c24-17(13-9-25-10-19-13)22-7-12-3-4-15-20-21-16(23(15)14(12)8-22)11-2-1-5-18-6-11/h1-2,5-6,9-10,12,14H,3-4,7-8H2/t12-,14+/m1/s1. The van der Waals surface area contributed by atoms with Gasteiger partial charge < -0.3 is 9.47 Å². The number of thiazole rings is 1. The molecule has 1 saturated heterocycles. The molecule has 0 spiro atoms. The highest BCUT2D eigenvalue weighted by Crippen LogP contribution is 2.39. The lowest BCUT2D eigenvalue weighted by Crippen LogP contribution is -2.29. The van der Waals surface area contributed by atoms with E-state index in [2.05, 4.69) is 24.7 Å². The van der Waals surface area contributed by atoms with E-state index in [1.54, 1.807) is 11.7 Å². The third-order valence-electron chi connectivity index (χ3n) is 5.10. The molecule has 2 atom stereocenters. The van der Waals surface area contributed by atoms with Gasteiger partial charge in [0.05, 0.1) is 11.6 Å². The maximum Gasteiger partial charge on any atom is 0.273 e. The minimum atomic E-state index is 0.0215. The van der Waals surface area contributed by atoms with E-state index in [1.807, 2.05) is 28.6 Å². The summed E-state index contributed by atoms with van der Waals surface area (Å²) in [6.07, 6.45) is 5.50. The number of hydrogen-bond donors (Lipinski definition) is 0. The van der Waals surface area contributed by atoms with E-state index in [1.165, 1.54) is 11.3 Å². The van der Waals surface area contributed by atoms with Crippen molar-refractivity contribution >= 4 is 17.2 Å². The van der Waals surface area contributed by atoms with Crippen molar-refractivity contribution < 1.29 is 4.79 Å². The number of amides is 1. The number of nitrogens with zero attached hydrogens (tertiary/aromatic N) is 6. The highest BCUT2D eigenvalue weighted by Gasteiger charge is 2.41. The fourth-order valence-corrected chi connectivity index (χ4v) is 4.45. The summed E-state index contributed by atoms with van der Waals surface area (Å²) in [6.45, 7) is 1.45. The number of pyridine rings is 1. The molecule has 3 aromatic heterocycles. The van der Waals surface area contributed by atoms with Gasteiger partial charge in [-0.3, -0.25) is 9.78 Å². The molecule has 3 aromatic rings. The van der Waals surface area contributed by atoms with Crippen molar-refractivity contribution in [3.8, 4) is 11.4 Å². The second-order valence-electron chi connectivity index (χ2n) is 6.50. The molecule has 1 fully saturated rings. The number of likely N-dealkylation sites (tertiary alicyclic amines) is 1. The molecular weight excluding hydrogens is 336 g/mol. The van der Waals surface area contributed by atoms with Crippen LogP contribution in [0.4, 0.5) is 0 Å². The summed E-state index contributed by atoms with van der Waals surface area (Å²) in [5.41, 5.74) is 3.21. The average Bonchev–Trinajstić information content (AvgIpc) is 3.39. The normalized spacial score (nSPS) is 21.8. The fraction of sp³-hybridized carbons (Fsp3) is 0.353. The molecule has 1 amide bonds. The second kappa shape index (κ2) is 5.73. The molecule has 2 aliphatic heterocycles. The maximum absolute atomic E-state index is 12.7. The highest BCUT2D eigenvalue weighted by molar-refractivity contribution is 7.07. The number of carbonyl (C=O) groups excluding carboxylic acids is 1. The Morgan fingerprint density at radius 1 is 1.28 bits per heavy atom. The van der Waals surface area contributed by atoms with Gasteiger partial charge in [-0.05, 0) is 24.5 Å². The van der Waals surface area contributed by atoms with Gasteiger partial charge in [-0.1, -0.05) is 0 Å². The summed E-state index contributed by atoms with van der Waals surface area (Å²) in [5, 5.41) is 10.6. The van der Waals surface area contributed by atoms with Gasteiger partial charge in [0.1, 0.15) is 11.5 Å². The average molecular weight is 352 g/mol. The van der Waals surface area contributed by atoms with Crippen molar-refractivity contribution in [2.45, 2.75) is 18.9 Å². The maximum atomic E-state index is 12.7. The minimum Gasteiger partial charge on any atom is -0.335 e. The first-order valence-corrected chi connectivity index (χ1v) is 9.27. The van der Waals surface area contributed by atoms with E-state index >= 15 is 0 Å².